The highest BCUT2D eigenvalue weighted by Gasteiger charge is 2.70. The number of Topliss-reactive ketones (excluding diaryl/α,β-unsaturated/α-hetero) is 1. The summed E-state index contributed by atoms with van der Waals surface area (Å²) >= 11 is 0. The molecule has 3 rings (SSSR count). The van der Waals surface area contributed by atoms with Crippen LogP contribution in [-0.4, -0.2) is 24.0 Å². The number of carbonyl (C=O) groups is 1. The van der Waals surface area contributed by atoms with Crippen LogP contribution in [0, 0.1) is 16.7 Å². The predicted octanol–water partition coefficient (Wildman–Crippen LogP) is 2.96. The summed E-state index contributed by atoms with van der Waals surface area (Å²) in [5.41, 5.74) is -0.316. The first-order chi connectivity index (χ1) is 10.2. The van der Waals surface area contributed by atoms with Crippen LogP contribution in [0.5, 0.6) is 0 Å². The van der Waals surface area contributed by atoms with E-state index in [1.165, 1.54) is 0 Å². The van der Waals surface area contributed by atoms with Gasteiger partial charge in [-0.1, -0.05) is 56.3 Å². The van der Waals surface area contributed by atoms with Gasteiger partial charge in [-0.3, -0.25) is 9.35 Å². The molecule has 2 fully saturated rings. The lowest BCUT2D eigenvalue weighted by molar-refractivity contribution is -0.126. The standard InChI is InChI=1S/C17H20O4S/c1-16(2)13-9-11-17(16,15(18)14(13)22(19,20)21)10-8-12-6-4-3-5-7-12/h3-8,10,13-14H,9,11H2,1-2H3,(H,19,20,21). The summed E-state index contributed by atoms with van der Waals surface area (Å²) in [6, 6.07) is 9.62. The quantitative estimate of drug-likeness (QED) is 0.869. The van der Waals surface area contributed by atoms with Crippen molar-refractivity contribution in [3.8, 4) is 0 Å². The summed E-state index contributed by atoms with van der Waals surface area (Å²) < 4.78 is 32.8. The molecule has 2 bridgehead atoms. The Morgan fingerprint density at radius 2 is 1.86 bits per heavy atom. The van der Waals surface area contributed by atoms with Crippen molar-refractivity contribution in [3.05, 3.63) is 42.0 Å². The molecule has 0 amide bonds. The van der Waals surface area contributed by atoms with E-state index in [1.807, 2.05) is 56.3 Å². The van der Waals surface area contributed by atoms with Gasteiger partial charge in [0.05, 0.1) is 5.41 Å². The second-order valence-corrected chi connectivity index (χ2v) is 8.42. The smallest absolute Gasteiger partial charge is 0.275 e. The zero-order valence-electron chi connectivity index (χ0n) is 12.7. The van der Waals surface area contributed by atoms with Crippen LogP contribution in [0.15, 0.2) is 36.4 Å². The predicted molar refractivity (Wildman–Crippen MR) is 84.8 cm³/mol. The van der Waals surface area contributed by atoms with E-state index in [4.69, 9.17) is 0 Å². The van der Waals surface area contributed by atoms with Crippen molar-refractivity contribution >= 4 is 22.0 Å². The molecule has 0 heterocycles. The Morgan fingerprint density at radius 1 is 1.23 bits per heavy atom. The Labute approximate surface area is 131 Å². The minimum Gasteiger partial charge on any atom is -0.297 e. The monoisotopic (exact) mass is 320 g/mol. The first kappa shape index (κ1) is 15.4. The number of ketones is 1. The van der Waals surface area contributed by atoms with Crippen LogP contribution in [-0.2, 0) is 14.9 Å². The Balaban J connectivity index is 2.05. The van der Waals surface area contributed by atoms with Crippen molar-refractivity contribution < 1.29 is 17.8 Å². The van der Waals surface area contributed by atoms with Crippen LogP contribution in [0.4, 0.5) is 0 Å². The molecule has 22 heavy (non-hydrogen) atoms. The third kappa shape index (κ3) is 1.99. The molecule has 0 spiro atoms. The number of rotatable bonds is 3. The lowest BCUT2D eigenvalue weighted by atomic mass is 9.68. The van der Waals surface area contributed by atoms with Crippen molar-refractivity contribution in [2.75, 3.05) is 0 Å². The lowest BCUT2D eigenvalue weighted by Crippen LogP contribution is -2.39. The van der Waals surface area contributed by atoms with Crippen LogP contribution in [0.2, 0.25) is 0 Å². The Bertz CT molecular complexity index is 733. The van der Waals surface area contributed by atoms with Crippen molar-refractivity contribution in [1.29, 1.82) is 0 Å². The number of benzene rings is 1. The zero-order chi connectivity index (χ0) is 16.2. The SMILES string of the molecule is CC1(C)C2CCC1(C=Cc1ccccc1)C(=O)C2S(=O)(=O)O. The summed E-state index contributed by atoms with van der Waals surface area (Å²) in [4.78, 5) is 12.8. The molecule has 1 aromatic carbocycles. The van der Waals surface area contributed by atoms with E-state index in [-0.39, 0.29) is 11.7 Å². The fourth-order valence-electron chi connectivity index (χ4n) is 4.33. The summed E-state index contributed by atoms with van der Waals surface area (Å²) in [6.45, 7) is 3.87. The number of carbonyl (C=O) groups excluding carboxylic acids is 1. The maximum absolute atomic E-state index is 12.8. The molecule has 2 saturated carbocycles. The number of hydrogen-bond acceptors (Lipinski definition) is 3. The third-order valence-corrected chi connectivity index (χ3v) is 6.86. The van der Waals surface area contributed by atoms with Gasteiger partial charge >= 0.3 is 0 Å². The summed E-state index contributed by atoms with van der Waals surface area (Å²) in [7, 11) is -4.36. The second-order valence-electron chi connectivity index (χ2n) is 6.88. The number of hydrogen-bond donors (Lipinski definition) is 1. The molecule has 0 radical (unpaired) electrons. The normalized spacial score (nSPS) is 33.7. The molecular formula is C17H20O4S. The molecular weight excluding hydrogens is 300 g/mol. The van der Waals surface area contributed by atoms with Crippen molar-refractivity contribution in [1.82, 2.24) is 0 Å². The van der Waals surface area contributed by atoms with Gasteiger partial charge in [0.25, 0.3) is 10.1 Å². The van der Waals surface area contributed by atoms with E-state index in [2.05, 4.69) is 0 Å². The summed E-state index contributed by atoms with van der Waals surface area (Å²) in [5, 5.41) is -1.28. The van der Waals surface area contributed by atoms with E-state index >= 15 is 0 Å². The van der Waals surface area contributed by atoms with Gasteiger partial charge < -0.3 is 0 Å². The van der Waals surface area contributed by atoms with Gasteiger partial charge in [-0.2, -0.15) is 8.42 Å². The molecule has 5 heteroatoms. The minimum atomic E-state index is -4.36. The van der Waals surface area contributed by atoms with Gasteiger partial charge in [0.2, 0.25) is 0 Å². The highest BCUT2D eigenvalue weighted by molar-refractivity contribution is 7.87. The van der Waals surface area contributed by atoms with Gasteiger partial charge in [0, 0.05) is 0 Å². The van der Waals surface area contributed by atoms with Crippen LogP contribution < -0.4 is 0 Å². The number of fused-ring (bicyclic) bond motifs is 2. The third-order valence-electron chi connectivity index (χ3n) is 5.67. The fraction of sp³-hybridized carbons (Fsp3) is 0.471. The van der Waals surface area contributed by atoms with Gasteiger partial charge in [-0.15, -0.1) is 0 Å². The van der Waals surface area contributed by atoms with Crippen LogP contribution >= 0.6 is 0 Å². The molecule has 0 aromatic heterocycles. The molecule has 0 saturated heterocycles. The van der Waals surface area contributed by atoms with Crippen molar-refractivity contribution in [2.45, 2.75) is 31.9 Å². The molecule has 4 nitrogen and oxygen atoms in total. The highest BCUT2D eigenvalue weighted by atomic mass is 32.2. The Hall–Kier alpha value is -1.46. The summed E-state index contributed by atoms with van der Waals surface area (Å²) in [5.74, 6) is -0.682. The maximum Gasteiger partial charge on any atom is 0.275 e. The average Bonchev–Trinajstić information content (AvgIpc) is 2.78. The van der Waals surface area contributed by atoms with Gasteiger partial charge in [-0.05, 0) is 29.7 Å². The fourth-order valence-corrected chi connectivity index (χ4v) is 5.70. The van der Waals surface area contributed by atoms with E-state index in [9.17, 15) is 17.8 Å². The van der Waals surface area contributed by atoms with Crippen LogP contribution in [0.25, 0.3) is 6.08 Å². The molecule has 1 aromatic rings. The molecule has 118 valence electrons. The molecule has 3 unspecified atom stereocenters. The van der Waals surface area contributed by atoms with Gasteiger partial charge in [0.15, 0.2) is 5.78 Å². The average molecular weight is 320 g/mol. The van der Waals surface area contributed by atoms with Crippen LogP contribution in [0.3, 0.4) is 0 Å². The first-order valence-electron chi connectivity index (χ1n) is 7.45. The Kier molecular flexibility index (Phi) is 3.34. The van der Waals surface area contributed by atoms with E-state index in [0.29, 0.717) is 12.8 Å². The maximum atomic E-state index is 12.8. The van der Waals surface area contributed by atoms with E-state index in [0.717, 1.165) is 5.56 Å². The highest BCUT2D eigenvalue weighted by Crippen LogP contribution is 2.65. The van der Waals surface area contributed by atoms with Gasteiger partial charge in [-0.25, -0.2) is 0 Å². The molecule has 2 aliphatic carbocycles. The summed E-state index contributed by atoms with van der Waals surface area (Å²) in [6.07, 6.45) is 5.02. The molecule has 3 atom stereocenters. The van der Waals surface area contributed by atoms with E-state index < -0.39 is 26.2 Å². The number of allylic oxidation sites excluding steroid dienone is 1. The van der Waals surface area contributed by atoms with Crippen LogP contribution in [0.1, 0.15) is 32.3 Å². The molecule has 0 aliphatic heterocycles. The van der Waals surface area contributed by atoms with E-state index in [1.54, 1.807) is 0 Å². The van der Waals surface area contributed by atoms with Crippen molar-refractivity contribution in [2.24, 2.45) is 16.7 Å². The topological polar surface area (TPSA) is 71.4 Å². The van der Waals surface area contributed by atoms with Gasteiger partial charge in [0.1, 0.15) is 5.25 Å². The molecule has 2 aliphatic rings. The molecule has 1 N–H and O–H groups in total. The lowest BCUT2D eigenvalue weighted by Gasteiger charge is -2.33. The zero-order valence-corrected chi connectivity index (χ0v) is 13.5. The second kappa shape index (κ2) is 4.77. The Morgan fingerprint density at radius 3 is 2.41 bits per heavy atom. The van der Waals surface area contributed by atoms with Crippen molar-refractivity contribution in [3.63, 3.8) is 0 Å². The first-order valence-corrected chi connectivity index (χ1v) is 8.95. The largest absolute Gasteiger partial charge is 0.297 e. The minimum absolute atomic E-state index is 0.324.